The highest BCUT2D eigenvalue weighted by molar-refractivity contribution is 5.76. The van der Waals surface area contributed by atoms with Crippen LogP contribution in [0.1, 0.15) is 0 Å². The minimum atomic E-state index is 0.838. The van der Waals surface area contributed by atoms with Gasteiger partial charge in [-0.05, 0) is 17.7 Å². The second kappa shape index (κ2) is 4.11. The molecule has 0 saturated heterocycles. The normalized spacial score (nSPS) is 11.4. The van der Waals surface area contributed by atoms with Crippen LogP contribution in [-0.4, -0.2) is 21.1 Å². The van der Waals surface area contributed by atoms with Crippen LogP contribution in [0.25, 0.3) is 11.1 Å². The van der Waals surface area contributed by atoms with Crippen molar-refractivity contribution in [2.45, 2.75) is 0 Å². The van der Waals surface area contributed by atoms with Crippen molar-refractivity contribution in [1.29, 1.82) is 0 Å². The van der Waals surface area contributed by atoms with Crippen molar-refractivity contribution in [3.63, 3.8) is 0 Å². The lowest BCUT2D eigenvalue weighted by Crippen LogP contribution is -2.35. The lowest BCUT2D eigenvalue weighted by molar-refractivity contribution is 0.487. The molecule has 2 rings (SSSR count). The summed E-state index contributed by atoms with van der Waals surface area (Å²) in [5, 5.41) is 0. The zero-order valence-corrected chi connectivity index (χ0v) is 10.1. The van der Waals surface area contributed by atoms with Crippen molar-refractivity contribution in [2.75, 3.05) is 21.1 Å². The molecule has 0 aliphatic carbocycles. The molecule has 1 nitrogen and oxygen atoms in total. The lowest BCUT2D eigenvalue weighted by atomic mass is 10.0. The van der Waals surface area contributed by atoms with E-state index in [4.69, 9.17) is 0 Å². The molecular weight excluding hydrogens is 194 g/mol. The summed E-state index contributed by atoms with van der Waals surface area (Å²) in [5.74, 6) is 0. The van der Waals surface area contributed by atoms with Gasteiger partial charge in [0, 0.05) is 5.56 Å². The van der Waals surface area contributed by atoms with E-state index >= 15 is 0 Å². The molecule has 2 aromatic rings. The predicted molar refractivity (Wildman–Crippen MR) is 71.4 cm³/mol. The van der Waals surface area contributed by atoms with E-state index in [9.17, 15) is 0 Å². The zero-order chi connectivity index (χ0) is 11.6. The molecule has 0 radical (unpaired) electrons. The van der Waals surface area contributed by atoms with Gasteiger partial charge in [0.15, 0.2) is 0 Å². The quantitative estimate of drug-likeness (QED) is 0.668. The summed E-state index contributed by atoms with van der Waals surface area (Å²) < 4.78 is 0.838. The number of quaternary nitrogens is 1. The van der Waals surface area contributed by atoms with Crippen LogP contribution in [0.5, 0.6) is 0 Å². The van der Waals surface area contributed by atoms with Crippen molar-refractivity contribution < 1.29 is 0 Å². The molecule has 0 saturated carbocycles. The van der Waals surface area contributed by atoms with Crippen molar-refractivity contribution in [3.05, 3.63) is 54.6 Å². The maximum absolute atomic E-state index is 2.20. The number of hydrogen-bond acceptors (Lipinski definition) is 0. The number of rotatable bonds is 2. The van der Waals surface area contributed by atoms with Crippen LogP contribution < -0.4 is 4.48 Å². The third-order valence-corrected chi connectivity index (χ3v) is 2.71. The minimum absolute atomic E-state index is 0.838. The molecule has 0 amide bonds. The Morgan fingerprint density at radius 3 is 1.88 bits per heavy atom. The first kappa shape index (κ1) is 10.9. The summed E-state index contributed by atoms with van der Waals surface area (Å²) in [7, 11) is 6.59. The minimum Gasteiger partial charge on any atom is -0.298 e. The first-order valence-electron chi connectivity index (χ1n) is 5.55. The number of para-hydroxylation sites is 1. The molecule has 82 valence electrons. The molecule has 0 aliphatic heterocycles. The SMILES string of the molecule is C[N+](C)(C)c1ccccc1-c1ccccc1. The summed E-state index contributed by atoms with van der Waals surface area (Å²) in [6, 6.07) is 19.1. The van der Waals surface area contributed by atoms with Crippen molar-refractivity contribution in [3.8, 4) is 11.1 Å². The first-order chi connectivity index (χ1) is 7.59. The Morgan fingerprint density at radius 1 is 0.688 bits per heavy atom. The van der Waals surface area contributed by atoms with Crippen LogP contribution in [0, 0.1) is 0 Å². The monoisotopic (exact) mass is 212 g/mol. The topological polar surface area (TPSA) is 0 Å². The van der Waals surface area contributed by atoms with Gasteiger partial charge >= 0.3 is 0 Å². The van der Waals surface area contributed by atoms with E-state index in [2.05, 4.69) is 75.7 Å². The molecule has 0 aromatic heterocycles. The standard InChI is InChI=1S/C15H18N/c1-16(2,3)15-12-8-7-11-14(15)13-9-5-4-6-10-13/h4-12H,1-3H3/q+1. The Hall–Kier alpha value is -1.60. The molecule has 2 aromatic carbocycles. The lowest BCUT2D eigenvalue weighted by Gasteiger charge is -2.26. The highest BCUT2D eigenvalue weighted by Gasteiger charge is 2.17. The molecule has 0 atom stereocenters. The van der Waals surface area contributed by atoms with Crippen molar-refractivity contribution in [2.24, 2.45) is 0 Å². The Labute approximate surface area is 97.6 Å². The predicted octanol–water partition coefficient (Wildman–Crippen LogP) is 3.55. The van der Waals surface area contributed by atoms with Gasteiger partial charge in [0.05, 0.1) is 21.1 Å². The van der Waals surface area contributed by atoms with E-state index in [1.807, 2.05) is 0 Å². The highest BCUT2D eigenvalue weighted by Crippen LogP contribution is 2.31. The molecular formula is C15H18N+. The van der Waals surface area contributed by atoms with Gasteiger partial charge in [-0.3, -0.25) is 4.48 Å². The van der Waals surface area contributed by atoms with Gasteiger partial charge in [-0.2, -0.15) is 0 Å². The highest BCUT2D eigenvalue weighted by atomic mass is 15.3. The second-order valence-corrected chi connectivity index (χ2v) is 4.90. The summed E-state index contributed by atoms with van der Waals surface area (Å²) in [6.07, 6.45) is 0. The van der Waals surface area contributed by atoms with Crippen LogP contribution in [0.2, 0.25) is 0 Å². The maximum atomic E-state index is 2.20. The van der Waals surface area contributed by atoms with Crippen molar-refractivity contribution in [1.82, 2.24) is 4.48 Å². The van der Waals surface area contributed by atoms with Crippen LogP contribution in [0.4, 0.5) is 5.69 Å². The molecule has 1 heteroatoms. The van der Waals surface area contributed by atoms with Crippen LogP contribution >= 0.6 is 0 Å². The molecule has 16 heavy (non-hydrogen) atoms. The molecule has 0 heterocycles. The second-order valence-electron chi connectivity index (χ2n) is 4.90. The van der Waals surface area contributed by atoms with E-state index in [0.29, 0.717) is 0 Å². The Morgan fingerprint density at radius 2 is 1.25 bits per heavy atom. The summed E-state index contributed by atoms with van der Waals surface area (Å²) in [6.45, 7) is 0. The molecule has 0 N–H and O–H groups in total. The summed E-state index contributed by atoms with van der Waals surface area (Å²) >= 11 is 0. The van der Waals surface area contributed by atoms with Gasteiger partial charge in [-0.25, -0.2) is 0 Å². The maximum Gasteiger partial charge on any atom is 0.140 e. The van der Waals surface area contributed by atoms with Crippen LogP contribution in [0.3, 0.4) is 0 Å². The summed E-state index contributed by atoms with van der Waals surface area (Å²) in [4.78, 5) is 0. The fraction of sp³-hybridized carbons (Fsp3) is 0.200. The average molecular weight is 212 g/mol. The number of hydrogen-bond donors (Lipinski definition) is 0. The largest absolute Gasteiger partial charge is 0.298 e. The Balaban J connectivity index is 2.58. The van der Waals surface area contributed by atoms with E-state index in [1.165, 1.54) is 16.8 Å². The fourth-order valence-corrected chi connectivity index (χ4v) is 1.92. The molecule has 0 spiro atoms. The molecule has 0 aliphatic rings. The third kappa shape index (κ3) is 2.15. The Kier molecular flexibility index (Phi) is 2.80. The van der Waals surface area contributed by atoms with E-state index in [-0.39, 0.29) is 0 Å². The molecule has 0 bridgehead atoms. The average Bonchev–Trinajstić information content (AvgIpc) is 2.29. The molecule has 0 unspecified atom stereocenters. The molecule has 0 fully saturated rings. The zero-order valence-electron chi connectivity index (χ0n) is 10.1. The van der Waals surface area contributed by atoms with Gasteiger partial charge in [0.2, 0.25) is 0 Å². The van der Waals surface area contributed by atoms with E-state index < -0.39 is 0 Å². The third-order valence-electron chi connectivity index (χ3n) is 2.71. The Bertz CT molecular complexity index is 466. The van der Waals surface area contributed by atoms with Gasteiger partial charge in [-0.15, -0.1) is 0 Å². The number of nitrogens with zero attached hydrogens (tertiary/aromatic N) is 1. The smallest absolute Gasteiger partial charge is 0.140 e. The van der Waals surface area contributed by atoms with Gasteiger partial charge < -0.3 is 0 Å². The van der Waals surface area contributed by atoms with Crippen LogP contribution in [-0.2, 0) is 0 Å². The summed E-state index contributed by atoms with van der Waals surface area (Å²) in [5.41, 5.74) is 3.94. The number of benzene rings is 2. The first-order valence-corrected chi connectivity index (χ1v) is 5.55. The van der Waals surface area contributed by atoms with Crippen LogP contribution in [0.15, 0.2) is 54.6 Å². The van der Waals surface area contributed by atoms with Gasteiger partial charge in [-0.1, -0.05) is 42.5 Å². The van der Waals surface area contributed by atoms with Gasteiger partial charge in [0.1, 0.15) is 5.69 Å². The van der Waals surface area contributed by atoms with E-state index in [1.54, 1.807) is 0 Å². The van der Waals surface area contributed by atoms with Gasteiger partial charge in [0.25, 0.3) is 0 Å². The fourth-order valence-electron chi connectivity index (χ4n) is 1.92. The van der Waals surface area contributed by atoms with E-state index in [0.717, 1.165) is 4.48 Å². The van der Waals surface area contributed by atoms with Crippen molar-refractivity contribution >= 4 is 5.69 Å².